The molecule has 1 saturated heterocycles. The van der Waals surface area contributed by atoms with E-state index < -0.39 is 0 Å². The lowest BCUT2D eigenvalue weighted by Gasteiger charge is -2.48. The molecule has 0 unspecified atom stereocenters. The molecule has 1 aromatic rings. The van der Waals surface area contributed by atoms with Crippen molar-refractivity contribution in [3.8, 4) is 0 Å². The summed E-state index contributed by atoms with van der Waals surface area (Å²) in [5, 5.41) is 3.09. The second-order valence-electron chi connectivity index (χ2n) is 6.83. The van der Waals surface area contributed by atoms with E-state index in [2.05, 4.69) is 10.2 Å². The van der Waals surface area contributed by atoms with Gasteiger partial charge in [0.2, 0.25) is 5.91 Å². The number of carbonyl (C=O) groups excluding carboxylic acids is 1. The normalized spacial score (nSPS) is 21.3. The van der Waals surface area contributed by atoms with Crippen molar-refractivity contribution >= 4 is 5.91 Å². The largest absolute Gasteiger partial charge is 0.379 e. The van der Waals surface area contributed by atoms with Crippen LogP contribution in [-0.2, 0) is 16.1 Å². The molecule has 3 rings (SSSR count). The summed E-state index contributed by atoms with van der Waals surface area (Å²) in [4.78, 5) is 26.6. The zero-order valence-electron chi connectivity index (χ0n) is 14.2. The summed E-state index contributed by atoms with van der Waals surface area (Å²) >= 11 is 0. The Morgan fingerprint density at radius 2 is 1.92 bits per heavy atom. The number of amides is 1. The molecule has 1 aliphatic heterocycles. The van der Waals surface area contributed by atoms with Crippen LogP contribution >= 0.6 is 0 Å². The first-order valence-corrected chi connectivity index (χ1v) is 8.95. The topological polar surface area (TPSA) is 63.6 Å². The van der Waals surface area contributed by atoms with Crippen molar-refractivity contribution in [3.63, 3.8) is 0 Å². The number of hydrogen-bond acceptors (Lipinski definition) is 4. The molecule has 24 heavy (non-hydrogen) atoms. The van der Waals surface area contributed by atoms with Gasteiger partial charge in [-0.15, -0.1) is 0 Å². The monoisotopic (exact) mass is 333 g/mol. The van der Waals surface area contributed by atoms with E-state index in [1.807, 2.05) is 0 Å². The van der Waals surface area contributed by atoms with Crippen molar-refractivity contribution in [2.45, 2.75) is 44.2 Å². The fraction of sp³-hybridized carbons (Fsp3) is 0.667. The molecule has 0 spiro atoms. The van der Waals surface area contributed by atoms with Gasteiger partial charge in [0.1, 0.15) is 6.54 Å². The molecule has 1 aromatic heterocycles. The predicted molar refractivity (Wildman–Crippen MR) is 91.9 cm³/mol. The third-order valence-electron chi connectivity index (χ3n) is 5.29. The quantitative estimate of drug-likeness (QED) is 0.873. The van der Waals surface area contributed by atoms with E-state index >= 15 is 0 Å². The molecule has 2 heterocycles. The van der Waals surface area contributed by atoms with Crippen LogP contribution < -0.4 is 10.9 Å². The Labute approximate surface area is 142 Å². The molecule has 1 amide bonds. The van der Waals surface area contributed by atoms with Crippen LogP contribution in [0.5, 0.6) is 0 Å². The minimum atomic E-state index is -0.145. The molecule has 1 N–H and O–H groups in total. The molecule has 0 aromatic carbocycles. The van der Waals surface area contributed by atoms with Gasteiger partial charge in [-0.1, -0.05) is 25.3 Å². The Balaban J connectivity index is 1.61. The zero-order valence-corrected chi connectivity index (χ0v) is 14.2. The van der Waals surface area contributed by atoms with Gasteiger partial charge in [0.25, 0.3) is 5.56 Å². The van der Waals surface area contributed by atoms with Crippen molar-refractivity contribution in [3.05, 3.63) is 34.7 Å². The standard InChI is InChI=1S/C18H27N3O3/c22-16(14-20-9-5-2-6-17(20)23)19-15-18(7-3-1-4-8-18)21-10-12-24-13-11-21/h2,5-6,9H,1,3-4,7-8,10-15H2,(H,19,22). The van der Waals surface area contributed by atoms with Gasteiger partial charge in [-0.05, 0) is 18.9 Å². The number of nitrogens with zero attached hydrogens (tertiary/aromatic N) is 2. The molecule has 6 heteroatoms. The van der Waals surface area contributed by atoms with Crippen LogP contribution in [0.1, 0.15) is 32.1 Å². The van der Waals surface area contributed by atoms with Crippen molar-refractivity contribution in [2.24, 2.45) is 0 Å². The van der Waals surface area contributed by atoms with Crippen LogP contribution in [0.15, 0.2) is 29.2 Å². The number of rotatable bonds is 5. The maximum absolute atomic E-state index is 12.3. The van der Waals surface area contributed by atoms with Crippen LogP contribution in [0.2, 0.25) is 0 Å². The molecule has 0 radical (unpaired) electrons. The Bertz CT molecular complexity index is 602. The van der Waals surface area contributed by atoms with Crippen LogP contribution in [0.3, 0.4) is 0 Å². The van der Waals surface area contributed by atoms with Gasteiger partial charge in [0, 0.05) is 37.4 Å². The summed E-state index contributed by atoms with van der Waals surface area (Å²) in [6.07, 6.45) is 7.60. The van der Waals surface area contributed by atoms with E-state index in [-0.39, 0.29) is 23.6 Å². The van der Waals surface area contributed by atoms with E-state index in [0.717, 1.165) is 39.1 Å². The van der Waals surface area contributed by atoms with Gasteiger partial charge in [-0.2, -0.15) is 0 Å². The molecule has 132 valence electrons. The second-order valence-corrected chi connectivity index (χ2v) is 6.83. The predicted octanol–water partition coefficient (Wildman–Crippen LogP) is 1.000. The van der Waals surface area contributed by atoms with Gasteiger partial charge < -0.3 is 14.6 Å². The first kappa shape index (κ1) is 17.2. The highest BCUT2D eigenvalue weighted by Crippen LogP contribution is 2.33. The molecule has 2 aliphatic rings. The summed E-state index contributed by atoms with van der Waals surface area (Å²) in [6, 6.07) is 4.93. The Hall–Kier alpha value is -1.66. The number of carbonyl (C=O) groups is 1. The fourth-order valence-electron chi connectivity index (χ4n) is 3.92. The summed E-state index contributed by atoms with van der Waals surface area (Å²) in [7, 11) is 0. The maximum atomic E-state index is 12.3. The average molecular weight is 333 g/mol. The number of nitrogens with one attached hydrogen (secondary N) is 1. The van der Waals surface area contributed by atoms with Gasteiger partial charge in [-0.3, -0.25) is 14.5 Å². The van der Waals surface area contributed by atoms with Gasteiger partial charge in [-0.25, -0.2) is 0 Å². The Morgan fingerprint density at radius 3 is 2.62 bits per heavy atom. The third-order valence-corrected chi connectivity index (χ3v) is 5.29. The molecular formula is C18H27N3O3. The highest BCUT2D eigenvalue weighted by atomic mass is 16.5. The highest BCUT2D eigenvalue weighted by Gasteiger charge is 2.38. The molecule has 2 fully saturated rings. The van der Waals surface area contributed by atoms with Gasteiger partial charge >= 0.3 is 0 Å². The average Bonchev–Trinajstić information content (AvgIpc) is 2.63. The van der Waals surface area contributed by atoms with Crippen LogP contribution in [0, 0.1) is 0 Å². The Kier molecular flexibility index (Phi) is 5.68. The molecule has 1 aliphatic carbocycles. The summed E-state index contributed by atoms with van der Waals surface area (Å²) < 4.78 is 6.93. The molecular weight excluding hydrogens is 306 g/mol. The lowest BCUT2D eigenvalue weighted by atomic mass is 9.79. The molecule has 1 saturated carbocycles. The second kappa shape index (κ2) is 7.94. The van der Waals surface area contributed by atoms with Crippen molar-refractivity contribution in [1.82, 2.24) is 14.8 Å². The first-order valence-electron chi connectivity index (χ1n) is 8.95. The first-order chi connectivity index (χ1) is 11.7. The van der Waals surface area contributed by atoms with Crippen molar-refractivity contribution in [2.75, 3.05) is 32.8 Å². The van der Waals surface area contributed by atoms with E-state index in [0.29, 0.717) is 6.54 Å². The lowest BCUT2D eigenvalue weighted by Crippen LogP contribution is -2.59. The van der Waals surface area contributed by atoms with E-state index in [1.54, 1.807) is 18.3 Å². The maximum Gasteiger partial charge on any atom is 0.250 e. The molecule has 6 nitrogen and oxygen atoms in total. The highest BCUT2D eigenvalue weighted by molar-refractivity contribution is 5.75. The summed E-state index contributed by atoms with van der Waals surface area (Å²) in [5.74, 6) is -0.0958. The summed E-state index contributed by atoms with van der Waals surface area (Å²) in [6.45, 7) is 4.17. The SMILES string of the molecule is O=C(Cn1ccccc1=O)NCC1(N2CCOCC2)CCCCC1. The minimum absolute atomic E-state index is 0.0549. The fourth-order valence-corrected chi connectivity index (χ4v) is 3.92. The number of ether oxygens (including phenoxy) is 1. The van der Waals surface area contributed by atoms with Crippen LogP contribution in [0.25, 0.3) is 0 Å². The number of pyridine rings is 1. The number of hydrogen-bond donors (Lipinski definition) is 1. The van der Waals surface area contributed by atoms with Crippen molar-refractivity contribution in [1.29, 1.82) is 0 Å². The smallest absolute Gasteiger partial charge is 0.250 e. The molecule has 0 bridgehead atoms. The van der Waals surface area contributed by atoms with Gasteiger partial charge in [0.05, 0.1) is 13.2 Å². The minimum Gasteiger partial charge on any atom is -0.379 e. The Morgan fingerprint density at radius 1 is 1.17 bits per heavy atom. The zero-order chi connectivity index (χ0) is 16.8. The summed E-state index contributed by atoms with van der Waals surface area (Å²) in [5.41, 5.74) is -0.0903. The van der Waals surface area contributed by atoms with Gasteiger partial charge in [0.15, 0.2) is 0 Å². The van der Waals surface area contributed by atoms with E-state index in [4.69, 9.17) is 4.74 Å². The van der Waals surface area contributed by atoms with Crippen LogP contribution in [0.4, 0.5) is 0 Å². The lowest BCUT2D eigenvalue weighted by molar-refractivity contribution is -0.123. The van der Waals surface area contributed by atoms with Crippen LogP contribution in [-0.4, -0.2) is 53.8 Å². The van der Waals surface area contributed by atoms with E-state index in [1.165, 1.54) is 29.9 Å². The molecule has 0 atom stereocenters. The third kappa shape index (κ3) is 4.05. The van der Waals surface area contributed by atoms with Crippen molar-refractivity contribution < 1.29 is 9.53 Å². The number of aromatic nitrogens is 1. The number of morpholine rings is 1. The van der Waals surface area contributed by atoms with E-state index in [9.17, 15) is 9.59 Å².